The summed E-state index contributed by atoms with van der Waals surface area (Å²) in [4.78, 5) is 21.8. The molecule has 0 radical (unpaired) electrons. The van der Waals surface area contributed by atoms with Gasteiger partial charge >= 0.3 is 5.97 Å². The monoisotopic (exact) mass is 245 g/mol. The second-order valence-electron chi connectivity index (χ2n) is 3.61. The van der Waals surface area contributed by atoms with Gasteiger partial charge in [-0.25, -0.2) is 0 Å². The first-order valence-corrected chi connectivity index (χ1v) is 5.32. The Balaban J connectivity index is 2.11. The first-order chi connectivity index (χ1) is 8.66. The summed E-state index contributed by atoms with van der Waals surface area (Å²) in [6, 6.07) is 12.5. The number of hydrogen-bond acceptors (Lipinski definition) is 3. The molecule has 0 spiro atoms. The van der Waals surface area contributed by atoms with Crippen LogP contribution >= 0.6 is 0 Å². The second-order valence-corrected chi connectivity index (χ2v) is 3.61. The van der Waals surface area contributed by atoms with E-state index in [0.717, 1.165) is 5.56 Å². The van der Waals surface area contributed by atoms with E-state index < -0.39 is 18.4 Å². The second kappa shape index (κ2) is 5.18. The molecule has 2 rings (SSSR count). The van der Waals surface area contributed by atoms with Gasteiger partial charge in [0.2, 0.25) is 0 Å². The summed E-state index contributed by atoms with van der Waals surface area (Å²) in [5.74, 6) is -0.982. The lowest BCUT2D eigenvalue weighted by atomic mass is 10.2. The highest BCUT2D eigenvalue weighted by Crippen LogP contribution is 2.21. The quantitative estimate of drug-likeness (QED) is 0.860. The summed E-state index contributed by atoms with van der Waals surface area (Å²) in [5, 5.41) is 10.7. The highest BCUT2D eigenvalue weighted by molar-refractivity contribution is 5.93. The molecule has 0 saturated carbocycles. The fourth-order valence-electron chi connectivity index (χ4n) is 1.46. The van der Waals surface area contributed by atoms with E-state index in [2.05, 4.69) is 5.32 Å². The van der Waals surface area contributed by atoms with Crippen LogP contribution in [0.2, 0.25) is 0 Å². The molecule has 0 saturated heterocycles. The average Bonchev–Trinajstić information content (AvgIpc) is 2.86. The van der Waals surface area contributed by atoms with Crippen LogP contribution in [0.4, 0.5) is 0 Å². The average molecular weight is 245 g/mol. The number of hydrogen-bond donors (Lipinski definition) is 2. The minimum Gasteiger partial charge on any atom is -0.480 e. The van der Waals surface area contributed by atoms with Crippen LogP contribution in [0.1, 0.15) is 10.6 Å². The van der Waals surface area contributed by atoms with Crippen LogP contribution in [-0.4, -0.2) is 23.5 Å². The van der Waals surface area contributed by atoms with Crippen molar-refractivity contribution in [3.63, 3.8) is 0 Å². The van der Waals surface area contributed by atoms with Crippen LogP contribution < -0.4 is 5.32 Å². The van der Waals surface area contributed by atoms with Crippen molar-refractivity contribution in [2.45, 2.75) is 0 Å². The molecule has 0 bridgehead atoms. The van der Waals surface area contributed by atoms with Gasteiger partial charge in [0.05, 0.1) is 0 Å². The minimum absolute atomic E-state index is 0.0927. The fraction of sp³-hybridized carbons (Fsp3) is 0.0769. The lowest BCUT2D eigenvalue weighted by Crippen LogP contribution is -2.28. The van der Waals surface area contributed by atoms with Crippen LogP contribution in [0.5, 0.6) is 0 Å². The molecule has 1 aromatic heterocycles. The van der Waals surface area contributed by atoms with Gasteiger partial charge in [-0.2, -0.15) is 0 Å². The van der Waals surface area contributed by atoms with E-state index >= 15 is 0 Å². The molecule has 0 aliphatic carbocycles. The molecule has 1 aromatic carbocycles. The van der Waals surface area contributed by atoms with Gasteiger partial charge in [0.25, 0.3) is 5.91 Å². The summed E-state index contributed by atoms with van der Waals surface area (Å²) < 4.78 is 5.36. The molecule has 5 heteroatoms. The fourth-order valence-corrected chi connectivity index (χ4v) is 1.46. The molecule has 0 unspecified atom stereocenters. The van der Waals surface area contributed by atoms with Gasteiger partial charge in [0.15, 0.2) is 5.76 Å². The predicted octanol–water partition coefficient (Wildman–Crippen LogP) is 1.76. The zero-order valence-electron chi connectivity index (χ0n) is 9.42. The third-order valence-electron chi connectivity index (χ3n) is 2.29. The molecular formula is C13H11NO4. The first-order valence-electron chi connectivity index (χ1n) is 5.32. The Kier molecular flexibility index (Phi) is 3.43. The zero-order chi connectivity index (χ0) is 13.0. The van der Waals surface area contributed by atoms with Gasteiger partial charge in [-0.1, -0.05) is 30.3 Å². The number of furan rings is 1. The normalized spacial score (nSPS) is 10.0. The number of aliphatic carboxylic acids is 1. The molecule has 0 aliphatic heterocycles. The molecular weight excluding hydrogens is 234 g/mol. The molecule has 18 heavy (non-hydrogen) atoms. The van der Waals surface area contributed by atoms with Crippen molar-refractivity contribution in [2.75, 3.05) is 6.54 Å². The van der Waals surface area contributed by atoms with Gasteiger partial charge in [-0.05, 0) is 12.1 Å². The Morgan fingerprint density at radius 2 is 1.83 bits per heavy atom. The molecule has 1 amide bonds. The number of carboxylic acids is 1. The summed E-state index contributed by atoms with van der Waals surface area (Å²) in [5.41, 5.74) is 0.856. The van der Waals surface area contributed by atoms with Gasteiger partial charge in [-0.3, -0.25) is 9.59 Å². The van der Waals surface area contributed by atoms with Crippen LogP contribution in [0.15, 0.2) is 46.9 Å². The van der Waals surface area contributed by atoms with Crippen molar-refractivity contribution < 1.29 is 19.1 Å². The van der Waals surface area contributed by atoms with E-state index in [1.165, 1.54) is 6.07 Å². The smallest absolute Gasteiger partial charge is 0.322 e. The molecule has 2 N–H and O–H groups in total. The van der Waals surface area contributed by atoms with Gasteiger partial charge in [-0.15, -0.1) is 0 Å². The Bertz CT molecular complexity index is 559. The Hall–Kier alpha value is -2.56. The molecule has 0 atom stereocenters. The van der Waals surface area contributed by atoms with Crippen LogP contribution in [-0.2, 0) is 4.79 Å². The van der Waals surface area contributed by atoms with E-state index in [0.29, 0.717) is 5.76 Å². The third kappa shape index (κ3) is 2.76. The van der Waals surface area contributed by atoms with Crippen LogP contribution in [0, 0.1) is 0 Å². The lowest BCUT2D eigenvalue weighted by molar-refractivity contribution is -0.135. The zero-order valence-corrected chi connectivity index (χ0v) is 9.42. The van der Waals surface area contributed by atoms with Crippen LogP contribution in [0.25, 0.3) is 11.3 Å². The van der Waals surface area contributed by atoms with Crippen molar-refractivity contribution in [3.05, 3.63) is 48.2 Å². The van der Waals surface area contributed by atoms with Crippen LogP contribution in [0.3, 0.4) is 0 Å². The van der Waals surface area contributed by atoms with E-state index in [-0.39, 0.29) is 5.76 Å². The first kappa shape index (κ1) is 11.9. The maximum atomic E-state index is 11.5. The number of nitrogens with one attached hydrogen (secondary N) is 1. The van der Waals surface area contributed by atoms with Crippen molar-refractivity contribution in [1.82, 2.24) is 5.32 Å². The molecule has 5 nitrogen and oxygen atoms in total. The van der Waals surface area contributed by atoms with Crippen molar-refractivity contribution in [3.8, 4) is 11.3 Å². The number of carbonyl (C=O) groups is 2. The predicted molar refractivity (Wildman–Crippen MR) is 64.1 cm³/mol. The van der Waals surface area contributed by atoms with Crippen molar-refractivity contribution in [1.29, 1.82) is 0 Å². The Morgan fingerprint density at radius 3 is 2.50 bits per heavy atom. The molecule has 1 heterocycles. The standard InChI is InChI=1S/C13H11NO4/c15-12(16)8-14-13(17)11-7-6-10(18-11)9-4-2-1-3-5-9/h1-7H,8H2,(H,14,17)(H,15,16). The summed E-state index contributed by atoms with van der Waals surface area (Å²) >= 11 is 0. The number of amides is 1. The van der Waals surface area contributed by atoms with E-state index in [1.807, 2.05) is 30.3 Å². The molecule has 0 aliphatic rings. The molecule has 2 aromatic rings. The third-order valence-corrected chi connectivity index (χ3v) is 2.29. The SMILES string of the molecule is O=C(O)CNC(=O)c1ccc(-c2ccccc2)o1. The summed E-state index contributed by atoms with van der Waals surface area (Å²) in [7, 11) is 0. The van der Waals surface area contributed by atoms with Crippen molar-refractivity contribution >= 4 is 11.9 Å². The highest BCUT2D eigenvalue weighted by atomic mass is 16.4. The topological polar surface area (TPSA) is 79.5 Å². The number of benzene rings is 1. The van der Waals surface area contributed by atoms with Gasteiger partial charge < -0.3 is 14.8 Å². The van der Waals surface area contributed by atoms with Gasteiger partial charge in [0, 0.05) is 5.56 Å². The van der Waals surface area contributed by atoms with E-state index in [4.69, 9.17) is 9.52 Å². The number of carboxylic acid groups (broad SMARTS) is 1. The maximum Gasteiger partial charge on any atom is 0.322 e. The van der Waals surface area contributed by atoms with E-state index in [9.17, 15) is 9.59 Å². The van der Waals surface area contributed by atoms with Crippen molar-refractivity contribution in [2.24, 2.45) is 0 Å². The Labute approximate surface area is 103 Å². The van der Waals surface area contributed by atoms with E-state index in [1.54, 1.807) is 6.07 Å². The summed E-state index contributed by atoms with van der Waals surface area (Å²) in [6.45, 7) is -0.430. The largest absolute Gasteiger partial charge is 0.480 e. The number of carbonyl (C=O) groups excluding carboxylic acids is 1. The maximum absolute atomic E-state index is 11.5. The molecule has 92 valence electrons. The Morgan fingerprint density at radius 1 is 1.11 bits per heavy atom. The minimum atomic E-state index is -1.10. The number of rotatable bonds is 4. The van der Waals surface area contributed by atoms with Gasteiger partial charge in [0.1, 0.15) is 12.3 Å². The lowest BCUT2D eigenvalue weighted by Gasteiger charge is -1.99. The summed E-state index contributed by atoms with van der Waals surface area (Å²) in [6.07, 6.45) is 0. The molecule has 0 fully saturated rings. The highest BCUT2D eigenvalue weighted by Gasteiger charge is 2.12.